The number of aliphatic hydroxyl groups excluding tert-OH is 1. The highest BCUT2D eigenvalue weighted by Crippen LogP contribution is 2.20. The van der Waals surface area contributed by atoms with E-state index < -0.39 is 10.0 Å². The van der Waals surface area contributed by atoms with Crippen molar-refractivity contribution < 1.29 is 13.5 Å². The molecule has 0 saturated heterocycles. The lowest BCUT2D eigenvalue weighted by Gasteiger charge is -2.18. The van der Waals surface area contributed by atoms with Gasteiger partial charge in [0.2, 0.25) is 10.0 Å². The van der Waals surface area contributed by atoms with E-state index >= 15 is 0 Å². The molecule has 0 saturated carbocycles. The third kappa shape index (κ3) is 6.60. The van der Waals surface area contributed by atoms with Crippen LogP contribution in [0, 0.1) is 17.3 Å². The van der Waals surface area contributed by atoms with E-state index in [0.717, 1.165) is 5.56 Å². The van der Waals surface area contributed by atoms with Gasteiger partial charge in [0.25, 0.3) is 0 Å². The molecule has 0 heterocycles. The van der Waals surface area contributed by atoms with Crippen molar-refractivity contribution in [1.82, 2.24) is 0 Å². The van der Waals surface area contributed by atoms with Crippen LogP contribution in [0.5, 0.6) is 0 Å². The number of anilines is 1. The third-order valence-corrected chi connectivity index (χ3v) is 3.88. The monoisotopic (exact) mass is 295 g/mol. The van der Waals surface area contributed by atoms with Crippen LogP contribution in [0.15, 0.2) is 24.3 Å². The number of sulfonamides is 1. The van der Waals surface area contributed by atoms with E-state index in [9.17, 15) is 8.42 Å². The number of hydrogen-bond acceptors (Lipinski definition) is 3. The maximum Gasteiger partial charge on any atom is 0.232 e. The van der Waals surface area contributed by atoms with E-state index in [1.54, 1.807) is 24.3 Å². The molecule has 0 aliphatic heterocycles. The Bertz CT molecular complexity index is 587. The van der Waals surface area contributed by atoms with Crippen LogP contribution in [-0.4, -0.2) is 25.9 Å². The molecule has 0 radical (unpaired) electrons. The van der Waals surface area contributed by atoms with Gasteiger partial charge in [-0.25, -0.2) is 8.42 Å². The van der Waals surface area contributed by atoms with E-state index in [1.807, 2.05) is 20.8 Å². The molecular weight excluding hydrogens is 274 g/mol. The van der Waals surface area contributed by atoms with Crippen molar-refractivity contribution >= 4 is 15.7 Å². The van der Waals surface area contributed by atoms with E-state index in [4.69, 9.17) is 5.11 Å². The first-order valence-corrected chi connectivity index (χ1v) is 8.07. The molecule has 2 N–H and O–H groups in total. The molecule has 110 valence electrons. The minimum Gasteiger partial charge on any atom is -0.384 e. The lowest BCUT2D eigenvalue weighted by Crippen LogP contribution is -2.20. The number of hydrogen-bond donors (Lipinski definition) is 2. The molecular formula is C15H21NO3S. The maximum absolute atomic E-state index is 11.9. The molecule has 20 heavy (non-hydrogen) atoms. The van der Waals surface area contributed by atoms with Gasteiger partial charge in [-0.2, -0.15) is 0 Å². The first-order chi connectivity index (χ1) is 9.22. The topological polar surface area (TPSA) is 66.4 Å². The first-order valence-electron chi connectivity index (χ1n) is 6.42. The van der Waals surface area contributed by atoms with Crippen LogP contribution >= 0.6 is 0 Å². The predicted octanol–water partition coefficient (Wildman–Crippen LogP) is 2.21. The van der Waals surface area contributed by atoms with Gasteiger partial charge in [-0.15, -0.1) is 0 Å². The second-order valence-electron chi connectivity index (χ2n) is 5.77. The summed E-state index contributed by atoms with van der Waals surface area (Å²) in [5.41, 5.74) is 1.24. The van der Waals surface area contributed by atoms with Crippen molar-refractivity contribution in [3.05, 3.63) is 29.8 Å². The molecule has 0 aliphatic carbocycles. The largest absolute Gasteiger partial charge is 0.384 e. The lowest BCUT2D eigenvalue weighted by atomic mass is 9.94. The molecule has 1 aromatic rings. The average Bonchev–Trinajstić information content (AvgIpc) is 2.35. The zero-order valence-electron chi connectivity index (χ0n) is 12.1. The van der Waals surface area contributed by atoms with Crippen LogP contribution in [0.4, 0.5) is 5.69 Å². The SMILES string of the molecule is CC(C)(C)CCS(=O)(=O)Nc1ccc(C#CCO)cc1. The van der Waals surface area contributed by atoms with E-state index in [1.165, 1.54) is 0 Å². The first kappa shape index (κ1) is 16.5. The summed E-state index contributed by atoms with van der Waals surface area (Å²) in [4.78, 5) is 0. The molecule has 5 heteroatoms. The van der Waals surface area contributed by atoms with Crippen LogP contribution in [-0.2, 0) is 10.0 Å². The van der Waals surface area contributed by atoms with Crippen molar-refractivity contribution in [2.24, 2.45) is 5.41 Å². The second-order valence-corrected chi connectivity index (χ2v) is 7.61. The molecule has 1 rings (SSSR count). The van der Waals surface area contributed by atoms with Crippen LogP contribution in [0.2, 0.25) is 0 Å². The van der Waals surface area contributed by atoms with Gasteiger partial charge in [-0.3, -0.25) is 4.72 Å². The fourth-order valence-corrected chi connectivity index (χ4v) is 2.91. The molecule has 0 amide bonds. The Morgan fingerprint density at radius 1 is 1.20 bits per heavy atom. The van der Waals surface area contributed by atoms with Crippen LogP contribution in [0.1, 0.15) is 32.8 Å². The van der Waals surface area contributed by atoms with E-state index in [-0.39, 0.29) is 17.8 Å². The van der Waals surface area contributed by atoms with Crippen LogP contribution in [0.3, 0.4) is 0 Å². The molecule has 0 unspecified atom stereocenters. The minimum absolute atomic E-state index is 0.0154. The maximum atomic E-state index is 11.9. The normalized spacial score (nSPS) is 11.6. The van der Waals surface area contributed by atoms with E-state index in [0.29, 0.717) is 12.1 Å². The number of benzene rings is 1. The van der Waals surface area contributed by atoms with Gasteiger partial charge in [0.1, 0.15) is 6.61 Å². The van der Waals surface area contributed by atoms with Crippen LogP contribution < -0.4 is 4.72 Å². The Kier molecular flexibility index (Phi) is 5.61. The molecule has 0 aliphatic rings. The van der Waals surface area contributed by atoms with Crippen molar-refractivity contribution in [2.75, 3.05) is 17.1 Å². The number of nitrogens with one attached hydrogen (secondary N) is 1. The fourth-order valence-electron chi connectivity index (χ4n) is 1.43. The summed E-state index contributed by atoms with van der Waals surface area (Å²) in [6, 6.07) is 6.75. The molecule has 0 bridgehead atoms. The van der Waals surface area contributed by atoms with Crippen molar-refractivity contribution in [1.29, 1.82) is 0 Å². The quantitative estimate of drug-likeness (QED) is 0.837. The minimum atomic E-state index is -3.32. The standard InChI is InChI=1S/C15H21NO3S/c1-15(2,3)10-12-20(18,19)16-14-8-6-13(7-9-14)5-4-11-17/h6-9,16-17H,10-12H2,1-3H3. The Labute approximate surface area is 121 Å². The Hall–Kier alpha value is -1.51. The summed E-state index contributed by atoms with van der Waals surface area (Å²) in [6.07, 6.45) is 0.600. The molecule has 0 aromatic heterocycles. The molecule has 0 atom stereocenters. The van der Waals surface area contributed by atoms with Crippen molar-refractivity contribution in [3.8, 4) is 11.8 Å². The molecule has 1 aromatic carbocycles. The summed E-state index contributed by atoms with van der Waals surface area (Å²) in [5.74, 6) is 5.39. The zero-order chi connectivity index (χ0) is 15.2. The highest BCUT2D eigenvalue weighted by Gasteiger charge is 2.17. The summed E-state index contributed by atoms with van der Waals surface area (Å²) in [6.45, 7) is 5.84. The molecule has 4 nitrogen and oxygen atoms in total. The van der Waals surface area contributed by atoms with Gasteiger partial charge in [0, 0.05) is 11.3 Å². The lowest BCUT2D eigenvalue weighted by molar-refractivity contribution is 0.350. The van der Waals surface area contributed by atoms with E-state index in [2.05, 4.69) is 16.6 Å². The summed E-state index contributed by atoms with van der Waals surface area (Å²) < 4.78 is 26.4. The fraction of sp³-hybridized carbons (Fsp3) is 0.467. The number of aliphatic hydroxyl groups is 1. The Morgan fingerprint density at radius 2 is 1.80 bits per heavy atom. The van der Waals surface area contributed by atoms with Gasteiger partial charge in [0.05, 0.1) is 5.75 Å². The van der Waals surface area contributed by atoms with Gasteiger partial charge >= 0.3 is 0 Å². The van der Waals surface area contributed by atoms with Crippen molar-refractivity contribution in [3.63, 3.8) is 0 Å². The van der Waals surface area contributed by atoms with Gasteiger partial charge < -0.3 is 5.11 Å². The Balaban J connectivity index is 2.68. The van der Waals surface area contributed by atoms with Crippen LogP contribution in [0.25, 0.3) is 0 Å². The average molecular weight is 295 g/mol. The molecule has 0 fully saturated rings. The second kappa shape index (κ2) is 6.78. The van der Waals surface area contributed by atoms with Gasteiger partial charge in [-0.05, 0) is 36.1 Å². The summed E-state index contributed by atoms with van der Waals surface area (Å²) in [7, 11) is -3.32. The Morgan fingerprint density at radius 3 is 2.30 bits per heavy atom. The smallest absolute Gasteiger partial charge is 0.232 e. The summed E-state index contributed by atoms with van der Waals surface area (Å²) >= 11 is 0. The summed E-state index contributed by atoms with van der Waals surface area (Å²) in [5, 5.41) is 8.59. The highest BCUT2D eigenvalue weighted by molar-refractivity contribution is 7.92. The highest BCUT2D eigenvalue weighted by atomic mass is 32.2. The van der Waals surface area contributed by atoms with Gasteiger partial charge in [-0.1, -0.05) is 32.6 Å². The zero-order valence-corrected chi connectivity index (χ0v) is 12.9. The number of rotatable bonds is 4. The van der Waals surface area contributed by atoms with Crippen molar-refractivity contribution in [2.45, 2.75) is 27.2 Å². The predicted molar refractivity (Wildman–Crippen MR) is 81.9 cm³/mol. The van der Waals surface area contributed by atoms with Gasteiger partial charge in [0.15, 0.2) is 0 Å². The third-order valence-electron chi connectivity index (χ3n) is 2.59. The molecule has 0 spiro atoms.